The first-order chi connectivity index (χ1) is 19.2. The van der Waals surface area contributed by atoms with E-state index in [-0.39, 0.29) is 28.4 Å². The molecule has 7 N–H and O–H groups in total. The highest BCUT2D eigenvalue weighted by molar-refractivity contribution is 5.90. The zero-order valence-corrected chi connectivity index (χ0v) is 20.4. The van der Waals surface area contributed by atoms with Gasteiger partial charge < -0.3 is 31.6 Å². The average molecular weight is 624 g/mol. The minimum absolute atomic E-state index is 0.0410. The van der Waals surface area contributed by atoms with Gasteiger partial charge in [0.15, 0.2) is 0 Å². The van der Waals surface area contributed by atoms with Crippen LogP contribution in [0.25, 0.3) is 10.9 Å². The number of hydrogen-bond acceptors (Lipinski definition) is 8. The van der Waals surface area contributed by atoms with Crippen LogP contribution in [0.1, 0.15) is 12.0 Å². The molecule has 3 rings (SSSR count). The van der Waals surface area contributed by atoms with Gasteiger partial charge in [-0.15, -0.1) is 0 Å². The van der Waals surface area contributed by atoms with Crippen LogP contribution in [0, 0.1) is 5.82 Å². The van der Waals surface area contributed by atoms with Crippen molar-refractivity contribution >= 4 is 40.3 Å². The lowest BCUT2D eigenvalue weighted by Gasteiger charge is -2.13. The number of carboxylic acid groups (broad SMARTS) is 2. The summed E-state index contributed by atoms with van der Waals surface area (Å²) < 4.78 is 116. The van der Waals surface area contributed by atoms with Crippen LogP contribution in [0.2, 0.25) is 0 Å². The van der Waals surface area contributed by atoms with Gasteiger partial charge in [-0.1, -0.05) is 0 Å². The van der Waals surface area contributed by atoms with Gasteiger partial charge in [0.2, 0.25) is 5.95 Å². The zero-order valence-electron chi connectivity index (χ0n) is 20.4. The van der Waals surface area contributed by atoms with Crippen LogP contribution in [-0.4, -0.2) is 62.5 Å². The smallest absolute Gasteiger partial charge is 0.475 e. The van der Waals surface area contributed by atoms with Crippen molar-refractivity contribution in [1.82, 2.24) is 15.0 Å². The van der Waals surface area contributed by atoms with Crippen LogP contribution in [0.4, 0.5) is 61.4 Å². The van der Waals surface area contributed by atoms with E-state index in [0.29, 0.717) is 25.6 Å². The summed E-state index contributed by atoms with van der Waals surface area (Å²) in [5.74, 6) is -6.52. The number of aromatic nitrogens is 3. The number of carbonyl (C=O) groups is 2. The number of fused-ring (bicyclic) bond motifs is 1. The number of halogens is 10. The SMILES string of the molecule is NCCCNc1nc(Nc2ccc(C(F)(F)F)cc2F)c2c(=O)[nH]ccc2n1.O=C(O)C(F)(F)F.O=C(O)C(F)(F)F. The second-order valence-corrected chi connectivity index (χ2v) is 7.46. The van der Waals surface area contributed by atoms with E-state index in [1.165, 1.54) is 12.3 Å². The van der Waals surface area contributed by atoms with E-state index in [2.05, 4.69) is 25.6 Å². The Labute approximate surface area is 226 Å². The maximum absolute atomic E-state index is 14.2. The molecule has 0 fully saturated rings. The second-order valence-electron chi connectivity index (χ2n) is 7.46. The Hall–Kier alpha value is -4.69. The fraction of sp³-hybridized carbons (Fsp3) is 0.286. The monoisotopic (exact) mass is 624 g/mol. The Morgan fingerprint density at radius 2 is 1.48 bits per heavy atom. The van der Waals surface area contributed by atoms with Gasteiger partial charge in [0.05, 0.1) is 16.8 Å². The van der Waals surface area contributed by atoms with Crippen molar-refractivity contribution in [3.8, 4) is 0 Å². The Morgan fingerprint density at radius 1 is 0.929 bits per heavy atom. The van der Waals surface area contributed by atoms with Crippen molar-refractivity contribution in [2.45, 2.75) is 24.9 Å². The molecule has 0 unspecified atom stereocenters. The number of aromatic amines is 1. The molecule has 1 aromatic carbocycles. The van der Waals surface area contributed by atoms with Gasteiger partial charge in [-0.25, -0.2) is 19.0 Å². The fourth-order valence-corrected chi connectivity index (χ4v) is 2.48. The summed E-state index contributed by atoms with van der Waals surface area (Å²) in [7, 11) is 0. The van der Waals surface area contributed by atoms with Crippen LogP contribution < -0.4 is 21.9 Å². The number of nitrogens with zero attached hydrogens (tertiary/aromatic N) is 2. The Kier molecular flexibility index (Phi) is 12.0. The lowest BCUT2D eigenvalue weighted by molar-refractivity contribution is -0.193. The Morgan fingerprint density at radius 3 is 1.93 bits per heavy atom. The maximum atomic E-state index is 14.2. The number of benzene rings is 1. The molecule has 0 radical (unpaired) electrons. The van der Waals surface area contributed by atoms with E-state index in [9.17, 15) is 48.7 Å². The molecule has 0 atom stereocenters. The van der Waals surface area contributed by atoms with Gasteiger partial charge in [0, 0.05) is 12.7 Å². The molecule has 0 saturated heterocycles. The first-order valence-electron chi connectivity index (χ1n) is 10.8. The number of alkyl halides is 9. The van der Waals surface area contributed by atoms with Gasteiger partial charge in [0.1, 0.15) is 17.0 Å². The van der Waals surface area contributed by atoms with E-state index >= 15 is 0 Å². The quantitative estimate of drug-likeness (QED) is 0.171. The molecule has 21 heteroatoms. The largest absolute Gasteiger partial charge is 0.490 e. The number of pyridine rings is 1. The van der Waals surface area contributed by atoms with Crippen molar-refractivity contribution in [2.24, 2.45) is 5.73 Å². The van der Waals surface area contributed by atoms with Crippen LogP contribution >= 0.6 is 0 Å². The molecule has 0 aliphatic heterocycles. The third-order valence-corrected chi connectivity index (χ3v) is 4.32. The minimum atomic E-state index is -5.08. The zero-order chi connectivity index (χ0) is 32.5. The third-order valence-electron chi connectivity index (χ3n) is 4.32. The molecule has 0 amide bonds. The highest BCUT2D eigenvalue weighted by Crippen LogP contribution is 2.32. The average Bonchev–Trinajstić information content (AvgIpc) is 2.84. The topological polar surface area (TPSA) is 183 Å². The van der Waals surface area contributed by atoms with Gasteiger partial charge in [-0.2, -0.15) is 44.5 Å². The molecule has 232 valence electrons. The molecule has 0 bridgehead atoms. The first kappa shape index (κ1) is 35.3. The number of carboxylic acids is 2. The molecule has 0 aliphatic carbocycles. The number of nitrogens with one attached hydrogen (secondary N) is 3. The van der Waals surface area contributed by atoms with Crippen molar-refractivity contribution in [3.05, 3.63) is 52.2 Å². The van der Waals surface area contributed by atoms with Crippen LogP contribution in [0.5, 0.6) is 0 Å². The number of aliphatic carboxylic acids is 2. The highest BCUT2D eigenvalue weighted by Gasteiger charge is 2.39. The lowest BCUT2D eigenvalue weighted by atomic mass is 10.2. The van der Waals surface area contributed by atoms with Gasteiger partial charge >= 0.3 is 30.5 Å². The van der Waals surface area contributed by atoms with Crippen LogP contribution in [0.15, 0.2) is 35.3 Å². The molecular formula is C21H18F10N6O5. The van der Waals surface area contributed by atoms with E-state index in [0.717, 1.165) is 12.1 Å². The molecular weight excluding hydrogens is 606 g/mol. The minimum Gasteiger partial charge on any atom is -0.475 e. The fourth-order valence-electron chi connectivity index (χ4n) is 2.48. The predicted octanol–water partition coefficient (Wildman–Crippen LogP) is 4.25. The van der Waals surface area contributed by atoms with Crippen LogP contribution in [0.3, 0.4) is 0 Å². The second kappa shape index (κ2) is 14.3. The van der Waals surface area contributed by atoms with Gasteiger partial charge in [-0.05, 0) is 37.2 Å². The standard InChI is InChI=1S/C17H16F4N6O.2C2HF3O2/c18-10-8-9(17(19,20)21)2-3-11(10)25-14-13-12(4-7-23-15(13)28)26-16(27-14)24-6-1-5-22;2*3-2(4,5)1(6)7/h2-4,7-8H,1,5-6,22H2,(H,23,28)(H2,24,25,26,27);2*(H,6,7). The highest BCUT2D eigenvalue weighted by atomic mass is 19.4. The van der Waals surface area contributed by atoms with E-state index < -0.39 is 47.4 Å². The molecule has 0 aliphatic rings. The van der Waals surface area contributed by atoms with Crippen LogP contribution in [-0.2, 0) is 15.8 Å². The third kappa shape index (κ3) is 11.1. The van der Waals surface area contributed by atoms with Crippen molar-refractivity contribution in [2.75, 3.05) is 23.7 Å². The Balaban J connectivity index is 0.000000522. The molecule has 3 aromatic rings. The predicted molar refractivity (Wildman–Crippen MR) is 124 cm³/mol. The first-order valence-corrected chi connectivity index (χ1v) is 10.8. The molecule has 42 heavy (non-hydrogen) atoms. The number of nitrogens with two attached hydrogens (primary N) is 1. The van der Waals surface area contributed by atoms with Gasteiger partial charge in [-0.3, -0.25) is 4.79 Å². The number of hydrogen-bond donors (Lipinski definition) is 6. The summed E-state index contributed by atoms with van der Waals surface area (Å²) in [6.07, 6.45) is -12.8. The molecule has 0 spiro atoms. The maximum Gasteiger partial charge on any atom is 0.490 e. The lowest BCUT2D eigenvalue weighted by Crippen LogP contribution is -2.21. The van der Waals surface area contributed by atoms with Crippen molar-refractivity contribution in [3.63, 3.8) is 0 Å². The number of H-pyrrole nitrogens is 1. The van der Waals surface area contributed by atoms with E-state index in [4.69, 9.17) is 25.5 Å². The van der Waals surface area contributed by atoms with E-state index in [1.54, 1.807) is 0 Å². The van der Waals surface area contributed by atoms with E-state index in [1.807, 2.05) is 0 Å². The molecule has 0 saturated carbocycles. The number of rotatable bonds is 6. The van der Waals surface area contributed by atoms with Crippen molar-refractivity contribution in [1.29, 1.82) is 0 Å². The van der Waals surface area contributed by atoms with Gasteiger partial charge in [0.25, 0.3) is 5.56 Å². The summed E-state index contributed by atoms with van der Waals surface area (Å²) in [5, 5.41) is 19.8. The van der Waals surface area contributed by atoms with Crippen molar-refractivity contribution < 1.29 is 63.7 Å². The molecule has 11 nitrogen and oxygen atoms in total. The normalized spacial score (nSPS) is 11.5. The summed E-state index contributed by atoms with van der Waals surface area (Å²) >= 11 is 0. The molecule has 2 heterocycles. The summed E-state index contributed by atoms with van der Waals surface area (Å²) in [6.45, 7) is 0.918. The number of anilines is 3. The summed E-state index contributed by atoms with van der Waals surface area (Å²) in [6, 6.07) is 3.57. The molecule has 2 aromatic heterocycles. The summed E-state index contributed by atoms with van der Waals surface area (Å²) in [4.78, 5) is 40.8. The Bertz CT molecular complexity index is 1420. The summed E-state index contributed by atoms with van der Waals surface area (Å²) in [5.41, 5.74) is 3.81.